The van der Waals surface area contributed by atoms with Crippen LogP contribution in [-0.4, -0.2) is 33.2 Å². The molecule has 0 saturated carbocycles. The standard InChI is InChI=1S/C15H19NO5S/c1-3-20-12-8-4-5-9-13(12)21-15(19-2)11-7-6-10-14(15)22(16,17)18/h4-11,14H,3H2,1-2H3,(H2,16,17,18). The molecule has 2 atom stereocenters. The monoisotopic (exact) mass is 325 g/mol. The van der Waals surface area contributed by atoms with Crippen LogP contribution in [0.1, 0.15) is 6.92 Å². The highest BCUT2D eigenvalue weighted by Gasteiger charge is 2.46. The summed E-state index contributed by atoms with van der Waals surface area (Å²) in [4.78, 5) is 0. The van der Waals surface area contributed by atoms with Gasteiger partial charge in [0.1, 0.15) is 0 Å². The van der Waals surface area contributed by atoms with Gasteiger partial charge in [-0.2, -0.15) is 0 Å². The number of sulfonamides is 1. The van der Waals surface area contributed by atoms with Crippen molar-refractivity contribution in [3.63, 3.8) is 0 Å². The molecule has 2 unspecified atom stereocenters. The number of benzene rings is 1. The Bertz CT molecular complexity index is 683. The van der Waals surface area contributed by atoms with Gasteiger partial charge in [0, 0.05) is 7.11 Å². The van der Waals surface area contributed by atoms with Gasteiger partial charge in [-0.15, -0.1) is 0 Å². The van der Waals surface area contributed by atoms with Crippen LogP contribution in [0.25, 0.3) is 0 Å². The van der Waals surface area contributed by atoms with Crippen molar-refractivity contribution in [1.82, 2.24) is 0 Å². The fraction of sp³-hybridized carbons (Fsp3) is 0.333. The van der Waals surface area contributed by atoms with Crippen molar-refractivity contribution < 1.29 is 22.6 Å². The third kappa shape index (κ3) is 3.32. The van der Waals surface area contributed by atoms with Gasteiger partial charge in [0.15, 0.2) is 16.7 Å². The van der Waals surface area contributed by atoms with Crippen molar-refractivity contribution in [2.24, 2.45) is 5.14 Å². The molecule has 22 heavy (non-hydrogen) atoms. The molecule has 0 fully saturated rings. The van der Waals surface area contributed by atoms with Crippen LogP contribution in [0.5, 0.6) is 11.5 Å². The Morgan fingerprint density at radius 1 is 1.23 bits per heavy atom. The number of allylic oxidation sites excluding steroid dienone is 2. The normalized spacial score (nSPS) is 24.2. The second-order valence-corrected chi connectivity index (χ2v) is 6.35. The first-order chi connectivity index (χ1) is 10.4. The summed E-state index contributed by atoms with van der Waals surface area (Å²) in [6.45, 7) is 2.30. The topological polar surface area (TPSA) is 87.8 Å². The number of ether oxygens (including phenoxy) is 3. The van der Waals surface area contributed by atoms with E-state index < -0.39 is 21.1 Å². The molecule has 0 aromatic heterocycles. The van der Waals surface area contributed by atoms with Crippen LogP contribution < -0.4 is 14.6 Å². The number of methoxy groups -OCH3 is 1. The van der Waals surface area contributed by atoms with E-state index in [0.717, 1.165) is 0 Å². The lowest BCUT2D eigenvalue weighted by Crippen LogP contribution is -2.53. The second-order valence-electron chi connectivity index (χ2n) is 4.66. The summed E-state index contributed by atoms with van der Waals surface area (Å²) in [6, 6.07) is 6.97. The molecule has 1 aromatic rings. The summed E-state index contributed by atoms with van der Waals surface area (Å²) in [5, 5.41) is 4.15. The maximum absolute atomic E-state index is 11.9. The smallest absolute Gasteiger partial charge is 0.252 e. The van der Waals surface area contributed by atoms with Gasteiger partial charge in [0.2, 0.25) is 10.0 Å². The van der Waals surface area contributed by atoms with E-state index in [1.54, 1.807) is 36.4 Å². The molecular weight excluding hydrogens is 306 g/mol. The first-order valence-corrected chi connectivity index (χ1v) is 8.37. The molecule has 1 aliphatic carbocycles. The third-order valence-electron chi connectivity index (χ3n) is 3.21. The van der Waals surface area contributed by atoms with E-state index in [2.05, 4.69) is 0 Å². The number of nitrogens with two attached hydrogens (primary N) is 1. The van der Waals surface area contributed by atoms with Gasteiger partial charge in [0.05, 0.1) is 6.61 Å². The Kier molecular flexibility index (Phi) is 4.90. The van der Waals surface area contributed by atoms with Crippen LogP contribution >= 0.6 is 0 Å². The van der Waals surface area contributed by atoms with Gasteiger partial charge in [-0.05, 0) is 25.1 Å². The van der Waals surface area contributed by atoms with Gasteiger partial charge < -0.3 is 14.2 Å². The highest BCUT2D eigenvalue weighted by molar-refractivity contribution is 7.90. The van der Waals surface area contributed by atoms with Crippen LogP contribution in [0.4, 0.5) is 0 Å². The van der Waals surface area contributed by atoms with Crippen LogP contribution in [0.3, 0.4) is 0 Å². The molecule has 120 valence electrons. The quantitative estimate of drug-likeness (QED) is 0.803. The molecule has 2 rings (SSSR count). The minimum absolute atomic E-state index is 0.375. The minimum atomic E-state index is -3.92. The average molecular weight is 325 g/mol. The zero-order chi connectivity index (χ0) is 16.2. The van der Waals surface area contributed by atoms with E-state index in [-0.39, 0.29) is 0 Å². The van der Waals surface area contributed by atoms with E-state index in [9.17, 15) is 8.42 Å². The Hall–Kier alpha value is -1.83. The summed E-state index contributed by atoms with van der Waals surface area (Å²) in [7, 11) is -2.55. The Labute approximate surface area is 130 Å². The van der Waals surface area contributed by atoms with Crippen LogP contribution in [0.15, 0.2) is 48.6 Å². The summed E-state index contributed by atoms with van der Waals surface area (Å²) < 4.78 is 40.5. The molecule has 0 saturated heterocycles. The molecule has 0 amide bonds. The van der Waals surface area contributed by atoms with Crippen LogP contribution in [0.2, 0.25) is 0 Å². The van der Waals surface area contributed by atoms with Crippen molar-refractivity contribution >= 4 is 10.0 Å². The summed E-state index contributed by atoms with van der Waals surface area (Å²) in [5.41, 5.74) is 0. The van der Waals surface area contributed by atoms with Gasteiger partial charge in [-0.1, -0.05) is 30.4 Å². The number of primary sulfonamides is 1. The molecule has 1 aliphatic rings. The number of para-hydroxylation sites is 2. The van der Waals surface area contributed by atoms with Gasteiger partial charge in [0.25, 0.3) is 5.79 Å². The maximum atomic E-state index is 11.9. The average Bonchev–Trinajstić information content (AvgIpc) is 2.49. The SMILES string of the molecule is CCOc1ccccc1OC1(OC)C=CC=CC1S(N)(=O)=O. The first-order valence-electron chi connectivity index (χ1n) is 6.76. The van der Waals surface area contributed by atoms with Crippen LogP contribution in [-0.2, 0) is 14.8 Å². The summed E-state index contributed by atoms with van der Waals surface area (Å²) >= 11 is 0. The molecule has 7 heteroatoms. The Morgan fingerprint density at radius 3 is 2.50 bits per heavy atom. The lowest BCUT2D eigenvalue weighted by Gasteiger charge is -2.36. The van der Waals surface area contributed by atoms with Crippen molar-refractivity contribution in [1.29, 1.82) is 0 Å². The lowest BCUT2D eigenvalue weighted by molar-refractivity contribution is -0.120. The number of rotatable bonds is 6. The minimum Gasteiger partial charge on any atom is -0.490 e. The van der Waals surface area contributed by atoms with Gasteiger partial charge in [-0.3, -0.25) is 0 Å². The third-order valence-corrected chi connectivity index (χ3v) is 4.41. The predicted octanol–water partition coefficient (Wildman–Crippen LogP) is 1.59. The highest BCUT2D eigenvalue weighted by atomic mass is 32.2. The van der Waals surface area contributed by atoms with E-state index >= 15 is 0 Å². The molecule has 0 aliphatic heterocycles. The number of hydrogen-bond donors (Lipinski definition) is 1. The van der Waals surface area contributed by atoms with Crippen molar-refractivity contribution in [3.05, 3.63) is 48.6 Å². The Morgan fingerprint density at radius 2 is 1.91 bits per heavy atom. The largest absolute Gasteiger partial charge is 0.490 e. The Balaban J connectivity index is 2.43. The van der Waals surface area contributed by atoms with E-state index in [1.165, 1.54) is 19.3 Å². The van der Waals surface area contributed by atoms with Gasteiger partial charge >= 0.3 is 0 Å². The van der Waals surface area contributed by atoms with Gasteiger partial charge in [-0.25, -0.2) is 13.6 Å². The van der Waals surface area contributed by atoms with E-state index in [1.807, 2.05) is 6.92 Å². The molecule has 0 radical (unpaired) electrons. The van der Waals surface area contributed by atoms with Crippen LogP contribution in [0, 0.1) is 0 Å². The van der Waals surface area contributed by atoms with Crippen molar-refractivity contribution in [3.8, 4) is 11.5 Å². The fourth-order valence-corrected chi connectivity index (χ4v) is 3.21. The number of hydrogen-bond acceptors (Lipinski definition) is 5. The molecule has 0 spiro atoms. The lowest BCUT2D eigenvalue weighted by atomic mass is 10.1. The molecule has 0 bridgehead atoms. The van der Waals surface area contributed by atoms with E-state index in [4.69, 9.17) is 19.3 Å². The highest BCUT2D eigenvalue weighted by Crippen LogP contribution is 2.35. The zero-order valence-corrected chi connectivity index (χ0v) is 13.2. The predicted molar refractivity (Wildman–Crippen MR) is 83.2 cm³/mol. The molecule has 2 N–H and O–H groups in total. The second kappa shape index (κ2) is 6.51. The summed E-state index contributed by atoms with van der Waals surface area (Å²) in [6.07, 6.45) is 6.19. The molecule has 1 aromatic carbocycles. The maximum Gasteiger partial charge on any atom is 0.252 e. The first kappa shape index (κ1) is 16.5. The molecular formula is C15H19NO5S. The van der Waals surface area contributed by atoms with E-state index in [0.29, 0.717) is 18.1 Å². The molecule has 0 heterocycles. The fourth-order valence-electron chi connectivity index (χ4n) is 2.22. The molecule has 6 nitrogen and oxygen atoms in total. The van der Waals surface area contributed by atoms with Crippen molar-refractivity contribution in [2.75, 3.05) is 13.7 Å². The van der Waals surface area contributed by atoms with Crippen molar-refractivity contribution in [2.45, 2.75) is 18.0 Å². The zero-order valence-electron chi connectivity index (χ0n) is 12.4. The summed E-state index contributed by atoms with van der Waals surface area (Å²) in [5.74, 6) is -0.674.